The van der Waals surface area contributed by atoms with Gasteiger partial charge in [0.1, 0.15) is 11.6 Å². The molecule has 2 aromatic rings. The molecule has 124 valence electrons. The second-order valence-corrected chi connectivity index (χ2v) is 5.10. The predicted molar refractivity (Wildman–Crippen MR) is 89.2 cm³/mol. The number of guanidine groups is 1. The summed E-state index contributed by atoms with van der Waals surface area (Å²) in [7, 11) is 0. The summed E-state index contributed by atoms with van der Waals surface area (Å²) in [4.78, 5) is 4.35. The van der Waals surface area contributed by atoms with Gasteiger partial charge < -0.3 is 10.6 Å². The van der Waals surface area contributed by atoms with E-state index < -0.39 is 0 Å². The maximum atomic E-state index is 13.8. The Balaban J connectivity index is 2.06. The Hall–Kier alpha value is -2.94. The number of halogens is 2. The molecule has 0 spiro atoms. The Morgan fingerprint density at radius 3 is 2.71 bits per heavy atom. The lowest BCUT2D eigenvalue weighted by Gasteiger charge is -2.12. The van der Waals surface area contributed by atoms with Gasteiger partial charge in [0, 0.05) is 18.7 Å². The van der Waals surface area contributed by atoms with E-state index in [1.807, 2.05) is 13.0 Å². The standard InChI is InChI=1S/C18H18F2N4/c1-2-22-18(23-11-14-4-3-5-16(19)9-14)24-12-15-8-13(10-21)6-7-17(15)20/h3-9H,2,11-12H2,1H3,(H2,22,23,24). The molecule has 0 heterocycles. The highest BCUT2D eigenvalue weighted by atomic mass is 19.1. The largest absolute Gasteiger partial charge is 0.357 e. The zero-order valence-electron chi connectivity index (χ0n) is 13.3. The first-order chi connectivity index (χ1) is 11.6. The minimum Gasteiger partial charge on any atom is -0.357 e. The van der Waals surface area contributed by atoms with Crippen LogP contribution in [0.2, 0.25) is 0 Å². The minimum atomic E-state index is -0.387. The molecule has 6 heteroatoms. The Labute approximate surface area is 139 Å². The molecule has 0 atom stereocenters. The van der Waals surface area contributed by atoms with E-state index in [1.165, 1.54) is 30.3 Å². The number of hydrogen-bond acceptors (Lipinski definition) is 2. The van der Waals surface area contributed by atoms with E-state index in [1.54, 1.807) is 12.1 Å². The van der Waals surface area contributed by atoms with Crippen LogP contribution in [-0.2, 0) is 13.1 Å². The average molecular weight is 328 g/mol. The summed E-state index contributed by atoms with van der Waals surface area (Å²) in [5, 5.41) is 14.9. The number of hydrogen-bond donors (Lipinski definition) is 2. The van der Waals surface area contributed by atoms with Crippen LogP contribution in [0.25, 0.3) is 0 Å². The third-order valence-corrected chi connectivity index (χ3v) is 3.27. The van der Waals surface area contributed by atoms with Gasteiger partial charge in [0.25, 0.3) is 0 Å². The SMILES string of the molecule is CCNC(=NCc1cccc(F)c1)NCc1cc(C#N)ccc1F. The van der Waals surface area contributed by atoms with Crippen molar-refractivity contribution in [2.75, 3.05) is 6.54 Å². The van der Waals surface area contributed by atoms with Crippen LogP contribution in [0.4, 0.5) is 8.78 Å². The molecular weight excluding hydrogens is 310 g/mol. The minimum absolute atomic E-state index is 0.191. The van der Waals surface area contributed by atoms with Crippen molar-refractivity contribution < 1.29 is 8.78 Å². The van der Waals surface area contributed by atoms with Gasteiger partial charge in [-0.1, -0.05) is 12.1 Å². The van der Waals surface area contributed by atoms with Gasteiger partial charge in [-0.05, 0) is 42.8 Å². The molecule has 0 amide bonds. The fraction of sp³-hybridized carbons (Fsp3) is 0.222. The lowest BCUT2D eigenvalue weighted by atomic mass is 10.1. The van der Waals surface area contributed by atoms with Crippen molar-refractivity contribution in [1.29, 1.82) is 5.26 Å². The Kier molecular flexibility index (Phi) is 6.26. The van der Waals surface area contributed by atoms with Gasteiger partial charge in [-0.25, -0.2) is 13.8 Å². The molecule has 4 nitrogen and oxygen atoms in total. The fourth-order valence-corrected chi connectivity index (χ4v) is 2.11. The molecule has 0 fully saturated rings. The number of benzene rings is 2. The van der Waals surface area contributed by atoms with Crippen LogP contribution >= 0.6 is 0 Å². The van der Waals surface area contributed by atoms with Gasteiger partial charge in [-0.3, -0.25) is 0 Å². The number of nitrogens with one attached hydrogen (secondary N) is 2. The summed E-state index contributed by atoms with van der Waals surface area (Å²) in [5.74, 6) is -0.206. The molecule has 0 bridgehead atoms. The normalized spacial score (nSPS) is 11.0. The molecule has 0 aromatic heterocycles. The molecule has 0 unspecified atom stereocenters. The summed E-state index contributed by atoms with van der Waals surface area (Å²) >= 11 is 0. The lowest BCUT2D eigenvalue weighted by molar-refractivity contribution is 0.604. The number of rotatable bonds is 5. The second kappa shape index (κ2) is 8.63. The van der Waals surface area contributed by atoms with Crippen LogP contribution in [0.5, 0.6) is 0 Å². The molecular formula is C18H18F2N4. The van der Waals surface area contributed by atoms with Crippen LogP contribution < -0.4 is 10.6 Å². The van der Waals surface area contributed by atoms with Gasteiger partial charge in [0.15, 0.2) is 5.96 Å². The van der Waals surface area contributed by atoms with E-state index in [-0.39, 0.29) is 18.2 Å². The fourth-order valence-electron chi connectivity index (χ4n) is 2.11. The molecule has 0 saturated carbocycles. The maximum absolute atomic E-state index is 13.8. The zero-order chi connectivity index (χ0) is 17.4. The van der Waals surface area contributed by atoms with Crippen LogP contribution in [0, 0.1) is 23.0 Å². The molecule has 0 saturated heterocycles. The zero-order valence-corrected chi connectivity index (χ0v) is 13.3. The van der Waals surface area contributed by atoms with E-state index in [0.29, 0.717) is 30.2 Å². The Morgan fingerprint density at radius 1 is 1.17 bits per heavy atom. The van der Waals surface area contributed by atoms with Gasteiger partial charge in [-0.15, -0.1) is 0 Å². The number of nitriles is 1. The van der Waals surface area contributed by atoms with Gasteiger partial charge >= 0.3 is 0 Å². The van der Waals surface area contributed by atoms with Crippen LogP contribution in [0.15, 0.2) is 47.5 Å². The monoisotopic (exact) mass is 328 g/mol. The van der Waals surface area contributed by atoms with Gasteiger partial charge in [0.2, 0.25) is 0 Å². The van der Waals surface area contributed by atoms with E-state index in [2.05, 4.69) is 15.6 Å². The highest BCUT2D eigenvalue weighted by molar-refractivity contribution is 5.79. The third kappa shape index (κ3) is 5.06. The Morgan fingerprint density at radius 2 is 2.00 bits per heavy atom. The smallest absolute Gasteiger partial charge is 0.191 e. The van der Waals surface area contributed by atoms with E-state index in [9.17, 15) is 8.78 Å². The third-order valence-electron chi connectivity index (χ3n) is 3.27. The molecule has 0 aliphatic heterocycles. The van der Waals surface area contributed by atoms with Crippen molar-refractivity contribution in [3.63, 3.8) is 0 Å². The predicted octanol–water partition coefficient (Wildman–Crippen LogP) is 3.09. The molecule has 24 heavy (non-hydrogen) atoms. The number of aliphatic imine (C=N–C) groups is 1. The highest BCUT2D eigenvalue weighted by Gasteiger charge is 2.05. The van der Waals surface area contributed by atoms with E-state index in [4.69, 9.17) is 5.26 Å². The van der Waals surface area contributed by atoms with Crippen molar-refractivity contribution in [3.8, 4) is 6.07 Å². The molecule has 2 rings (SSSR count). The molecule has 0 aliphatic carbocycles. The average Bonchev–Trinajstić information content (AvgIpc) is 2.58. The van der Waals surface area contributed by atoms with Crippen molar-refractivity contribution >= 4 is 5.96 Å². The summed E-state index contributed by atoms with van der Waals surface area (Å²) in [6.07, 6.45) is 0. The first kappa shape index (κ1) is 17.4. The molecule has 2 aromatic carbocycles. The maximum Gasteiger partial charge on any atom is 0.191 e. The summed E-state index contributed by atoms with van der Waals surface area (Å²) < 4.78 is 27.0. The van der Waals surface area contributed by atoms with Crippen molar-refractivity contribution in [1.82, 2.24) is 10.6 Å². The number of nitrogens with zero attached hydrogens (tertiary/aromatic N) is 2. The quantitative estimate of drug-likeness (QED) is 0.655. The molecule has 2 N–H and O–H groups in total. The van der Waals surface area contributed by atoms with Crippen LogP contribution in [-0.4, -0.2) is 12.5 Å². The van der Waals surface area contributed by atoms with E-state index in [0.717, 1.165) is 5.56 Å². The Bertz CT molecular complexity index is 766. The molecule has 0 radical (unpaired) electrons. The first-order valence-corrected chi connectivity index (χ1v) is 7.57. The van der Waals surface area contributed by atoms with Crippen LogP contribution in [0.3, 0.4) is 0 Å². The van der Waals surface area contributed by atoms with Crippen molar-refractivity contribution in [2.45, 2.75) is 20.0 Å². The summed E-state index contributed by atoms with van der Waals surface area (Å²) in [5.41, 5.74) is 1.52. The van der Waals surface area contributed by atoms with Crippen molar-refractivity contribution in [2.24, 2.45) is 4.99 Å². The lowest BCUT2D eigenvalue weighted by Crippen LogP contribution is -2.37. The van der Waals surface area contributed by atoms with E-state index >= 15 is 0 Å². The van der Waals surface area contributed by atoms with Crippen LogP contribution in [0.1, 0.15) is 23.6 Å². The molecule has 0 aliphatic rings. The van der Waals surface area contributed by atoms with Gasteiger partial charge in [0.05, 0.1) is 18.2 Å². The van der Waals surface area contributed by atoms with Gasteiger partial charge in [-0.2, -0.15) is 5.26 Å². The second-order valence-electron chi connectivity index (χ2n) is 5.10. The summed E-state index contributed by atoms with van der Waals surface area (Å²) in [6, 6.07) is 12.4. The topological polar surface area (TPSA) is 60.2 Å². The summed E-state index contributed by atoms with van der Waals surface area (Å²) in [6.45, 7) is 3.04. The van der Waals surface area contributed by atoms with Crippen molar-refractivity contribution in [3.05, 3.63) is 70.8 Å². The highest BCUT2D eigenvalue weighted by Crippen LogP contribution is 2.10. The first-order valence-electron chi connectivity index (χ1n) is 7.57.